The highest BCUT2D eigenvalue weighted by molar-refractivity contribution is 4.82. The molecule has 0 aromatic carbocycles. The van der Waals surface area contributed by atoms with Crippen molar-refractivity contribution in [1.82, 2.24) is 5.32 Å². The topological polar surface area (TPSA) is 21.3 Å². The molecule has 0 amide bonds. The molecule has 0 aromatic heterocycles. The van der Waals surface area contributed by atoms with Crippen molar-refractivity contribution in [2.75, 3.05) is 13.7 Å². The summed E-state index contributed by atoms with van der Waals surface area (Å²) < 4.78 is 42.6. The minimum atomic E-state index is -4.03. The Balaban J connectivity index is 2.33. The number of halogens is 3. The largest absolute Gasteiger partial charge is 0.391 e. The first-order valence-corrected chi connectivity index (χ1v) is 5.76. The summed E-state index contributed by atoms with van der Waals surface area (Å²) in [4.78, 5) is 0. The van der Waals surface area contributed by atoms with Crippen molar-refractivity contribution >= 4 is 0 Å². The molecule has 1 rings (SSSR count). The molecule has 0 radical (unpaired) electrons. The molecule has 1 aliphatic carbocycles. The zero-order chi connectivity index (χ0) is 12.2. The van der Waals surface area contributed by atoms with E-state index in [0.717, 1.165) is 6.42 Å². The SMILES string of the molecule is COC(C)CNC1CCCC(C(F)(F)F)C1. The molecule has 3 unspecified atom stereocenters. The standard InChI is InChI=1S/C11H20F3NO/c1-8(16-2)7-15-10-5-3-4-9(6-10)11(12,13)14/h8-10,15H,3-7H2,1-2H3. The fourth-order valence-corrected chi connectivity index (χ4v) is 2.09. The lowest BCUT2D eigenvalue weighted by Gasteiger charge is -2.31. The molecule has 0 aliphatic heterocycles. The second kappa shape index (κ2) is 5.87. The first-order chi connectivity index (χ1) is 7.43. The Morgan fingerprint density at radius 3 is 2.62 bits per heavy atom. The summed E-state index contributed by atoms with van der Waals surface area (Å²) >= 11 is 0. The molecule has 1 aliphatic rings. The van der Waals surface area contributed by atoms with E-state index >= 15 is 0 Å². The van der Waals surface area contributed by atoms with Crippen molar-refractivity contribution < 1.29 is 17.9 Å². The molecule has 0 bridgehead atoms. The highest BCUT2D eigenvalue weighted by Gasteiger charge is 2.41. The van der Waals surface area contributed by atoms with Crippen LogP contribution in [0.5, 0.6) is 0 Å². The molecule has 1 N–H and O–H groups in total. The minimum absolute atomic E-state index is 0.0158. The quantitative estimate of drug-likeness (QED) is 0.814. The highest BCUT2D eigenvalue weighted by Crippen LogP contribution is 2.37. The van der Waals surface area contributed by atoms with Crippen LogP contribution in [-0.2, 0) is 4.74 Å². The fourth-order valence-electron chi connectivity index (χ4n) is 2.09. The monoisotopic (exact) mass is 239 g/mol. The number of nitrogens with one attached hydrogen (secondary N) is 1. The summed E-state index contributed by atoms with van der Waals surface area (Å²) in [5.41, 5.74) is 0. The van der Waals surface area contributed by atoms with Crippen LogP contribution in [0.3, 0.4) is 0 Å². The van der Waals surface area contributed by atoms with Crippen LogP contribution in [0.25, 0.3) is 0 Å². The Labute approximate surface area is 94.5 Å². The van der Waals surface area contributed by atoms with Crippen LogP contribution in [-0.4, -0.2) is 32.0 Å². The Morgan fingerprint density at radius 1 is 1.38 bits per heavy atom. The van der Waals surface area contributed by atoms with Crippen molar-refractivity contribution in [2.24, 2.45) is 5.92 Å². The van der Waals surface area contributed by atoms with Gasteiger partial charge in [0.15, 0.2) is 0 Å². The first kappa shape index (κ1) is 13.8. The molecule has 5 heteroatoms. The van der Waals surface area contributed by atoms with Gasteiger partial charge in [0.05, 0.1) is 12.0 Å². The van der Waals surface area contributed by atoms with Crippen LogP contribution in [0.1, 0.15) is 32.6 Å². The average Bonchev–Trinajstić information content (AvgIpc) is 2.25. The Bertz CT molecular complexity index is 208. The van der Waals surface area contributed by atoms with Gasteiger partial charge >= 0.3 is 6.18 Å². The van der Waals surface area contributed by atoms with Crippen molar-refractivity contribution in [3.05, 3.63) is 0 Å². The van der Waals surface area contributed by atoms with Crippen LogP contribution < -0.4 is 5.32 Å². The Morgan fingerprint density at radius 2 is 2.06 bits per heavy atom. The second-order valence-corrected chi connectivity index (χ2v) is 4.56. The van der Waals surface area contributed by atoms with Gasteiger partial charge in [-0.3, -0.25) is 0 Å². The van der Waals surface area contributed by atoms with E-state index in [1.807, 2.05) is 6.92 Å². The molecule has 0 aromatic rings. The van der Waals surface area contributed by atoms with Crippen molar-refractivity contribution in [2.45, 2.75) is 50.9 Å². The maximum atomic E-state index is 12.5. The lowest BCUT2D eigenvalue weighted by Crippen LogP contribution is -2.41. The molecular weight excluding hydrogens is 219 g/mol. The Kier molecular flexibility index (Phi) is 5.05. The molecule has 1 saturated carbocycles. The summed E-state index contributed by atoms with van der Waals surface area (Å²) in [7, 11) is 1.60. The van der Waals surface area contributed by atoms with Gasteiger partial charge in [-0.25, -0.2) is 0 Å². The van der Waals surface area contributed by atoms with Crippen molar-refractivity contribution in [1.29, 1.82) is 0 Å². The van der Waals surface area contributed by atoms with E-state index in [-0.39, 0.29) is 25.0 Å². The number of hydrogen-bond donors (Lipinski definition) is 1. The minimum Gasteiger partial charge on any atom is -0.380 e. The predicted molar refractivity (Wildman–Crippen MR) is 56.3 cm³/mol. The maximum Gasteiger partial charge on any atom is 0.391 e. The molecule has 0 heterocycles. The number of hydrogen-bond acceptors (Lipinski definition) is 2. The molecule has 16 heavy (non-hydrogen) atoms. The molecule has 2 nitrogen and oxygen atoms in total. The third-order valence-electron chi connectivity index (χ3n) is 3.23. The highest BCUT2D eigenvalue weighted by atomic mass is 19.4. The summed E-state index contributed by atoms with van der Waals surface area (Å²) in [6.07, 6.45) is -2.01. The molecule has 96 valence electrons. The lowest BCUT2D eigenvalue weighted by molar-refractivity contribution is -0.183. The normalized spacial score (nSPS) is 29.1. The fraction of sp³-hybridized carbons (Fsp3) is 1.00. The zero-order valence-electron chi connectivity index (χ0n) is 9.81. The molecule has 0 spiro atoms. The Hall–Kier alpha value is -0.290. The van der Waals surface area contributed by atoms with Gasteiger partial charge in [-0.2, -0.15) is 13.2 Å². The zero-order valence-corrected chi connectivity index (χ0v) is 9.81. The van der Waals surface area contributed by atoms with Crippen molar-refractivity contribution in [3.8, 4) is 0 Å². The summed E-state index contributed by atoms with van der Waals surface area (Å²) in [5, 5.41) is 3.15. The van der Waals surface area contributed by atoms with E-state index in [1.165, 1.54) is 0 Å². The van der Waals surface area contributed by atoms with Crippen LogP contribution >= 0.6 is 0 Å². The molecule has 0 saturated heterocycles. The number of methoxy groups -OCH3 is 1. The lowest BCUT2D eigenvalue weighted by atomic mass is 9.85. The molecule has 1 fully saturated rings. The average molecular weight is 239 g/mol. The first-order valence-electron chi connectivity index (χ1n) is 5.76. The van der Waals surface area contributed by atoms with Gasteiger partial charge in [-0.05, 0) is 26.2 Å². The van der Waals surface area contributed by atoms with Crippen LogP contribution in [0.2, 0.25) is 0 Å². The predicted octanol–water partition coefficient (Wildman–Crippen LogP) is 2.73. The van der Waals surface area contributed by atoms with E-state index in [1.54, 1.807) is 7.11 Å². The third kappa shape index (κ3) is 4.29. The van der Waals surface area contributed by atoms with E-state index in [9.17, 15) is 13.2 Å². The number of ether oxygens (including phenoxy) is 1. The van der Waals surface area contributed by atoms with Crippen LogP contribution in [0.15, 0.2) is 0 Å². The van der Waals surface area contributed by atoms with Gasteiger partial charge in [0, 0.05) is 19.7 Å². The van der Waals surface area contributed by atoms with Gasteiger partial charge in [-0.1, -0.05) is 6.42 Å². The summed E-state index contributed by atoms with van der Waals surface area (Å²) in [5.74, 6) is -1.13. The summed E-state index contributed by atoms with van der Waals surface area (Å²) in [6.45, 7) is 2.52. The van der Waals surface area contributed by atoms with Gasteiger partial charge in [0.2, 0.25) is 0 Å². The van der Waals surface area contributed by atoms with Gasteiger partial charge in [0.1, 0.15) is 0 Å². The van der Waals surface area contributed by atoms with E-state index in [0.29, 0.717) is 13.0 Å². The third-order valence-corrected chi connectivity index (χ3v) is 3.23. The van der Waals surface area contributed by atoms with Crippen LogP contribution in [0.4, 0.5) is 13.2 Å². The van der Waals surface area contributed by atoms with Gasteiger partial charge < -0.3 is 10.1 Å². The van der Waals surface area contributed by atoms with E-state index < -0.39 is 12.1 Å². The smallest absolute Gasteiger partial charge is 0.380 e. The van der Waals surface area contributed by atoms with Crippen LogP contribution in [0, 0.1) is 5.92 Å². The molecular formula is C11H20F3NO. The van der Waals surface area contributed by atoms with Crippen molar-refractivity contribution in [3.63, 3.8) is 0 Å². The maximum absolute atomic E-state index is 12.5. The van der Waals surface area contributed by atoms with Gasteiger partial charge in [-0.15, -0.1) is 0 Å². The van der Waals surface area contributed by atoms with E-state index in [2.05, 4.69) is 5.32 Å². The summed E-state index contributed by atoms with van der Waals surface area (Å²) in [6, 6.07) is -0.0158. The van der Waals surface area contributed by atoms with Gasteiger partial charge in [0.25, 0.3) is 0 Å². The number of rotatable bonds is 4. The number of alkyl halides is 3. The molecule has 3 atom stereocenters. The second-order valence-electron chi connectivity index (χ2n) is 4.56. The van der Waals surface area contributed by atoms with E-state index in [4.69, 9.17) is 4.74 Å².